The molecule has 1 nitrogen and oxygen atoms in total. The minimum Gasteiger partial charge on any atom is -0.256 e. The molecule has 1 heteroatoms. The zero-order valence-corrected chi connectivity index (χ0v) is 5.10. The van der Waals surface area contributed by atoms with Gasteiger partial charge in [-0.05, 0) is 12.1 Å². The van der Waals surface area contributed by atoms with Crippen LogP contribution in [0.4, 0.5) is 0 Å². The van der Waals surface area contributed by atoms with Crippen molar-refractivity contribution in [2.24, 2.45) is 0 Å². The molecule has 2 aromatic rings. The predicted octanol–water partition coefficient (Wildman–Crippen LogP) is 2.23. The highest BCUT2D eigenvalue weighted by Gasteiger charge is 1.86. The molecule has 0 aliphatic carbocycles. The number of pyridine rings is 1. The van der Waals surface area contributed by atoms with Crippen LogP contribution in [0, 0.1) is 0 Å². The lowest BCUT2D eigenvalue weighted by molar-refractivity contribution is 1.41. The molecule has 0 radical (unpaired) electrons. The number of hydrogen-bond acceptors (Lipinski definition) is 1. The fraction of sp³-hybridized carbons (Fsp3) is 0. The van der Waals surface area contributed by atoms with E-state index in [1.165, 1.54) is 12.1 Å². The lowest BCUT2D eigenvalue weighted by Gasteiger charge is -1.91. The fourth-order valence-corrected chi connectivity index (χ4v) is 0.749. The molecule has 0 bridgehead atoms. The minimum atomic E-state index is -0.304. The van der Waals surface area contributed by atoms with E-state index < -0.39 is 0 Å². The first-order chi connectivity index (χ1) is 7.02. The summed E-state index contributed by atoms with van der Waals surface area (Å²) in [6.07, 6.45) is -0.273. The molecule has 1 aromatic heterocycles. The lowest BCUT2D eigenvalue weighted by atomic mass is 10.2. The molecule has 0 saturated carbocycles. The van der Waals surface area contributed by atoms with Gasteiger partial charge >= 0.3 is 0 Å². The third-order valence-corrected chi connectivity index (χ3v) is 1.20. The summed E-state index contributed by atoms with van der Waals surface area (Å²) < 4.78 is 37.4. The molecule has 1 aromatic carbocycles. The summed E-state index contributed by atoms with van der Waals surface area (Å²) >= 11 is 0. The van der Waals surface area contributed by atoms with Gasteiger partial charge in [-0.3, -0.25) is 4.98 Å². The Labute approximate surface area is 66.4 Å². The van der Waals surface area contributed by atoms with Gasteiger partial charge in [-0.15, -0.1) is 0 Å². The van der Waals surface area contributed by atoms with Gasteiger partial charge in [0.2, 0.25) is 0 Å². The van der Waals surface area contributed by atoms with Crippen LogP contribution < -0.4 is 0 Å². The van der Waals surface area contributed by atoms with E-state index in [9.17, 15) is 0 Å². The van der Waals surface area contributed by atoms with Crippen molar-refractivity contribution in [3.8, 4) is 0 Å². The Balaban J connectivity index is 3.00. The van der Waals surface area contributed by atoms with Crippen molar-refractivity contribution in [2.75, 3.05) is 0 Å². The Bertz CT molecular complexity index is 552. The predicted molar refractivity (Wildman–Crippen MR) is 41.7 cm³/mol. The summed E-state index contributed by atoms with van der Waals surface area (Å²) in [7, 11) is 0. The van der Waals surface area contributed by atoms with Crippen LogP contribution in [0.25, 0.3) is 10.9 Å². The molecule has 0 aliphatic heterocycles. The molecule has 0 N–H and O–H groups in total. The minimum absolute atomic E-state index is 0.00469. The van der Waals surface area contributed by atoms with Gasteiger partial charge in [-0.25, -0.2) is 0 Å². The molecule has 0 atom stereocenters. The molecule has 10 heavy (non-hydrogen) atoms. The molecule has 0 saturated heterocycles. The summed E-state index contributed by atoms with van der Waals surface area (Å²) in [5.41, 5.74) is 0.321. The summed E-state index contributed by atoms with van der Waals surface area (Å²) in [4.78, 5) is 3.79. The monoisotopic (exact) mass is 134 g/mol. The number of fused-ring (bicyclic) bond motifs is 1. The van der Waals surface area contributed by atoms with Crippen LogP contribution in [0.5, 0.6) is 0 Å². The second kappa shape index (κ2) is 2.10. The highest BCUT2D eigenvalue weighted by Crippen LogP contribution is 2.07. The molecule has 0 aliphatic rings. The van der Waals surface area contributed by atoms with Crippen molar-refractivity contribution in [3.63, 3.8) is 0 Å². The van der Waals surface area contributed by atoms with Crippen LogP contribution in [0.3, 0.4) is 0 Å². The topological polar surface area (TPSA) is 12.9 Å². The van der Waals surface area contributed by atoms with Crippen LogP contribution in [-0.4, -0.2) is 4.98 Å². The summed E-state index contributed by atoms with van der Waals surface area (Å²) in [5, 5.41) is 0.170. The number of para-hydroxylation sites is 1. The van der Waals surface area contributed by atoms with Gasteiger partial charge in [0.25, 0.3) is 0 Å². The number of benzene rings is 1. The smallest absolute Gasteiger partial charge is 0.0840 e. The molecule has 48 valence electrons. The Morgan fingerprint density at radius 2 is 2.20 bits per heavy atom. The number of nitrogens with zero attached hydrogens (tertiary/aromatic N) is 1. The van der Waals surface area contributed by atoms with E-state index in [0.29, 0.717) is 5.52 Å². The maximum absolute atomic E-state index is 7.62. The van der Waals surface area contributed by atoms with E-state index in [4.69, 9.17) is 6.85 Å². The quantitative estimate of drug-likeness (QED) is 0.538. The standard InChI is InChI=1S/C9H7N/c1-2-6-9-8(4-1)5-3-7-10-9/h1-7H/i1D,3D,4D,5D,7D. The van der Waals surface area contributed by atoms with Crippen LogP contribution in [0.2, 0.25) is 0 Å². The third kappa shape index (κ3) is 0.760. The second-order valence-electron chi connectivity index (χ2n) is 1.84. The molecular weight excluding hydrogens is 122 g/mol. The normalized spacial score (nSPS) is 17.0. The lowest BCUT2D eigenvalue weighted by Crippen LogP contribution is -1.73. The van der Waals surface area contributed by atoms with Crippen molar-refractivity contribution in [2.45, 2.75) is 0 Å². The maximum atomic E-state index is 7.62. The molecular formula is C9H7N. The van der Waals surface area contributed by atoms with Gasteiger partial charge in [0.15, 0.2) is 0 Å². The molecule has 0 fully saturated rings. The van der Waals surface area contributed by atoms with Crippen LogP contribution in [-0.2, 0) is 0 Å². The van der Waals surface area contributed by atoms with Crippen molar-refractivity contribution < 1.29 is 6.85 Å². The van der Waals surface area contributed by atoms with Gasteiger partial charge in [-0.2, -0.15) is 0 Å². The number of hydrogen-bond donors (Lipinski definition) is 0. The third-order valence-electron chi connectivity index (χ3n) is 1.20. The van der Waals surface area contributed by atoms with Crippen molar-refractivity contribution in [1.82, 2.24) is 4.98 Å². The van der Waals surface area contributed by atoms with Crippen molar-refractivity contribution >= 4 is 10.9 Å². The van der Waals surface area contributed by atoms with Crippen LogP contribution in [0.15, 0.2) is 42.5 Å². The number of rotatable bonds is 0. The molecule has 0 spiro atoms. The van der Waals surface area contributed by atoms with Crippen molar-refractivity contribution in [1.29, 1.82) is 0 Å². The van der Waals surface area contributed by atoms with E-state index in [0.717, 1.165) is 0 Å². The van der Waals surface area contributed by atoms with Gasteiger partial charge in [0, 0.05) is 11.6 Å². The second-order valence-corrected chi connectivity index (χ2v) is 1.84. The average Bonchev–Trinajstić information content (AvgIpc) is 2.20. The van der Waals surface area contributed by atoms with Gasteiger partial charge in [-0.1, -0.05) is 24.2 Å². The Hall–Kier alpha value is -1.37. The Morgan fingerprint density at radius 1 is 1.30 bits per heavy atom. The zero-order valence-electron chi connectivity index (χ0n) is 10.1. The van der Waals surface area contributed by atoms with E-state index in [-0.39, 0.29) is 35.7 Å². The molecule has 0 amide bonds. The van der Waals surface area contributed by atoms with E-state index >= 15 is 0 Å². The highest BCUT2D eigenvalue weighted by atomic mass is 14.6. The molecule has 1 heterocycles. The van der Waals surface area contributed by atoms with Crippen LogP contribution in [0.1, 0.15) is 6.85 Å². The summed E-state index contributed by atoms with van der Waals surface area (Å²) in [5.74, 6) is 0. The molecule has 0 unspecified atom stereocenters. The Morgan fingerprint density at radius 3 is 3.20 bits per heavy atom. The first-order valence-corrected chi connectivity index (χ1v) is 2.86. The van der Waals surface area contributed by atoms with Gasteiger partial charge in [0.05, 0.1) is 12.4 Å². The van der Waals surface area contributed by atoms with Crippen molar-refractivity contribution in [3.05, 3.63) is 42.5 Å². The fourth-order valence-electron chi connectivity index (χ4n) is 0.749. The van der Waals surface area contributed by atoms with Crippen LogP contribution >= 0.6 is 0 Å². The Kier molecular flexibility index (Phi) is 0.494. The van der Waals surface area contributed by atoms with Gasteiger partial charge in [0.1, 0.15) is 0 Å². The zero-order chi connectivity index (χ0) is 11.2. The average molecular weight is 134 g/mol. The number of aromatic nitrogens is 1. The van der Waals surface area contributed by atoms with E-state index in [1.54, 1.807) is 0 Å². The van der Waals surface area contributed by atoms with E-state index in [1.807, 2.05) is 0 Å². The molecule has 2 rings (SSSR count). The van der Waals surface area contributed by atoms with Gasteiger partial charge < -0.3 is 0 Å². The highest BCUT2D eigenvalue weighted by molar-refractivity contribution is 5.77. The first kappa shape index (κ1) is 2.35. The summed E-state index contributed by atoms with van der Waals surface area (Å²) in [6.45, 7) is 0. The summed E-state index contributed by atoms with van der Waals surface area (Å²) in [6, 6.07) is 2.27. The maximum Gasteiger partial charge on any atom is 0.0840 e. The SMILES string of the molecule is [2H]c1ccc2nc([2H])c([2H])c([2H])c2c1[2H]. The largest absolute Gasteiger partial charge is 0.256 e. The first-order valence-electron chi connectivity index (χ1n) is 5.36. The van der Waals surface area contributed by atoms with E-state index in [2.05, 4.69) is 4.98 Å².